The van der Waals surface area contributed by atoms with Crippen molar-refractivity contribution in [2.24, 2.45) is 5.10 Å². The highest BCUT2D eigenvalue weighted by Crippen LogP contribution is 2.34. The lowest BCUT2D eigenvalue weighted by Gasteiger charge is -2.22. The number of carbonyl (C=O) groups excluding carboxylic acids is 2. The van der Waals surface area contributed by atoms with Crippen LogP contribution in [0.15, 0.2) is 84.0 Å². The summed E-state index contributed by atoms with van der Waals surface area (Å²) < 4.78 is 19.3. The number of hydrazone groups is 1. The monoisotopic (exact) mass is 473 g/mol. The molecule has 1 aliphatic heterocycles. The van der Waals surface area contributed by atoms with E-state index < -0.39 is 6.04 Å². The van der Waals surface area contributed by atoms with Crippen molar-refractivity contribution in [2.45, 2.75) is 38.3 Å². The van der Waals surface area contributed by atoms with E-state index in [9.17, 15) is 14.0 Å². The minimum absolute atomic E-state index is 0.00590. The van der Waals surface area contributed by atoms with Crippen molar-refractivity contribution in [3.8, 4) is 5.75 Å². The maximum absolute atomic E-state index is 14.0. The fourth-order valence-corrected chi connectivity index (χ4v) is 4.18. The van der Waals surface area contributed by atoms with Crippen LogP contribution in [0.1, 0.15) is 55.0 Å². The van der Waals surface area contributed by atoms with Crippen molar-refractivity contribution in [1.29, 1.82) is 0 Å². The number of halogens is 1. The molecule has 1 N–H and O–H groups in total. The average Bonchev–Trinajstić information content (AvgIpc) is 3.34. The lowest BCUT2D eigenvalue weighted by molar-refractivity contribution is -0.135. The molecule has 4 rings (SSSR count). The van der Waals surface area contributed by atoms with Crippen molar-refractivity contribution < 1.29 is 18.7 Å². The van der Waals surface area contributed by atoms with Gasteiger partial charge in [-0.1, -0.05) is 60.7 Å². The standard InChI is InChI=1S/C28H28FN3O3/c1-19(23-10-6-7-11-24(23)29)30-27(33)16-17-28(34)32-26(21-12-14-22(35-2)15-13-21)18-25(31-32)20-8-4-3-5-9-20/h3-15,19,26H,16-18H2,1-2H3,(H,30,33). The van der Waals surface area contributed by atoms with Gasteiger partial charge in [0.15, 0.2) is 0 Å². The van der Waals surface area contributed by atoms with E-state index in [2.05, 4.69) is 10.4 Å². The van der Waals surface area contributed by atoms with Gasteiger partial charge < -0.3 is 10.1 Å². The highest BCUT2D eigenvalue weighted by Gasteiger charge is 2.33. The summed E-state index contributed by atoms with van der Waals surface area (Å²) in [5.74, 6) is -0.208. The van der Waals surface area contributed by atoms with Crippen LogP contribution in [-0.2, 0) is 9.59 Å². The Kier molecular flexibility index (Phi) is 7.55. The summed E-state index contributed by atoms with van der Waals surface area (Å²) in [7, 11) is 1.61. The van der Waals surface area contributed by atoms with Crippen molar-refractivity contribution in [3.05, 3.63) is 101 Å². The molecule has 0 aliphatic carbocycles. The first-order valence-corrected chi connectivity index (χ1v) is 11.6. The van der Waals surface area contributed by atoms with E-state index in [-0.39, 0.29) is 36.5 Å². The fraction of sp³-hybridized carbons (Fsp3) is 0.250. The van der Waals surface area contributed by atoms with E-state index in [1.165, 1.54) is 11.1 Å². The molecule has 0 saturated carbocycles. The molecule has 2 unspecified atom stereocenters. The number of methoxy groups -OCH3 is 1. The summed E-state index contributed by atoms with van der Waals surface area (Å²) >= 11 is 0. The highest BCUT2D eigenvalue weighted by atomic mass is 19.1. The molecule has 35 heavy (non-hydrogen) atoms. The van der Waals surface area contributed by atoms with Crippen LogP contribution in [-0.4, -0.2) is 29.6 Å². The van der Waals surface area contributed by atoms with Gasteiger partial charge in [-0.15, -0.1) is 0 Å². The number of hydrogen-bond donors (Lipinski definition) is 1. The lowest BCUT2D eigenvalue weighted by atomic mass is 9.98. The maximum atomic E-state index is 14.0. The Balaban J connectivity index is 1.45. The van der Waals surface area contributed by atoms with Crippen LogP contribution in [0.4, 0.5) is 4.39 Å². The molecule has 0 saturated heterocycles. The summed E-state index contributed by atoms with van der Waals surface area (Å²) in [6, 6.07) is 22.9. The van der Waals surface area contributed by atoms with Gasteiger partial charge in [0.1, 0.15) is 11.6 Å². The molecule has 7 heteroatoms. The number of rotatable bonds is 8. The average molecular weight is 474 g/mol. The third-order valence-electron chi connectivity index (χ3n) is 6.09. The zero-order valence-corrected chi connectivity index (χ0v) is 19.8. The van der Waals surface area contributed by atoms with Crippen molar-refractivity contribution in [1.82, 2.24) is 10.3 Å². The number of nitrogens with zero attached hydrogens (tertiary/aromatic N) is 2. The molecule has 3 aromatic rings. The molecular formula is C28H28FN3O3. The molecule has 180 valence electrons. The van der Waals surface area contributed by atoms with Crippen LogP contribution >= 0.6 is 0 Å². The molecule has 0 fully saturated rings. The molecule has 3 aromatic carbocycles. The van der Waals surface area contributed by atoms with E-state index in [1.54, 1.807) is 32.2 Å². The Morgan fingerprint density at radius 2 is 1.71 bits per heavy atom. The topological polar surface area (TPSA) is 71.0 Å². The molecule has 0 bridgehead atoms. The summed E-state index contributed by atoms with van der Waals surface area (Å²) in [6.45, 7) is 1.72. The van der Waals surface area contributed by atoms with Gasteiger partial charge in [0.25, 0.3) is 0 Å². The van der Waals surface area contributed by atoms with Crippen molar-refractivity contribution >= 4 is 17.5 Å². The number of amides is 2. The minimum atomic E-state index is -0.500. The normalized spacial score (nSPS) is 15.9. The summed E-state index contributed by atoms with van der Waals surface area (Å²) in [5.41, 5.74) is 3.12. The first kappa shape index (κ1) is 24.1. The van der Waals surface area contributed by atoms with E-state index in [0.717, 1.165) is 22.6 Å². The molecule has 6 nitrogen and oxygen atoms in total. The first-order valence-electron chi connectivity index (χ1n) is 11.6. The third kappa shape index (κ3) is 5.74. The second kappa shape index (κ2) is 11.0. The molecule has 2 amide bonds. The quantitative estimate of drug-likeness (QED) is 0.491. The molecule has 0 aromatic heterocycles. The van der Waals surface area contributed by atoms with Crippen LogP contribution in [0.2, 0.25) is 0 Å². The SMILES string of the molecule is COc1ccc(C2CC(c3ccccc3)=NN2C(=O)CCC(=O)NC(C)c2ccccc2F)cc1. The van der Waals surface area contributed by atoms with Gasteiger partial charge in [-0.25, -0.2) is 9.40 Å². The lowest BCUT2D eigenvalue weighted by Crippen LogP contribution is -2.31. The Hall–Kier alpha value is -4.00. The van der Waals surface area contributed by atoms with Crippen LogP contribution in [0.5, 0.6) is 5.75 Å². The number of ether oxygens (including phenoxy) is 1. The Morgan fingerprint density at radius 3 is 2.40 bits per heavy atom. The summed E-state index contributed by atoms with van der Waals surface area (Å²) in [4.78, 5) is 25.7. The second-order valence-corrected chi connectivity index (χ2v) is 8.45. The summed E-state index contributed by atoms with van der Waals surface area (Å²) in [6.07, 6.45) is 0.548. The van der Waals surface area contributed by atoms with Gasteiger partial charge >= 0.3 is 0 Å². The number of nitrogens with one attached hydrogen (secondary N) is 1. The molecule has 1 aliphatic rings. The van der Waals surface area contributed by atoms with Crippen LogP contribution in [0.25, 0.3) is 0 Å². The van der Waals surface area contributed by atoms with Gasteiger partial charge in [-0.3, -0.25) is 9.59 Å². The van der Waals surface area contributed by atoms with Gasteiger partial charge in [-0.2, -0.15) is 5.10 Å². The summed E-state index contributed by atoms with van der Waals surface area (Å²) in [5, 5.41) is 8.90. The Labute approximate surface area is 204 Å². The largest absolute Gasteiger partial charge is 0.497 e. The van der Waals surface area contributed by atoms with Crippen LogP contribution < -0.4 is 10.1 Å². The fourth-order valence-electron chi connectivity index (χ4n) is 4.18. The van der Waals surface area contributed by atoms with Crippen LogP contribution in [0, 0.1) is 5.82 Å². The van der Waals surface area contributed by atoms with Crippen molar-refractivity contribution in [2.75, 3.05) is 7.11 Å². The molecular weight excluding hydrogens is 445 g/mol. The first-order chi connectivity index (χ1) is 17.0. The van der Waals surface area contributed by atoms with Crippen molar-refractivity contribution in [3.63, 3.8) is 0 Å². The third-order valence-corrected chi connectivity index (χ3v) is 6.09. The predicted molar refractivity (Wildman–Crippen MR) is 132 cm³/mol. The second-order valence-electron chi connectivity index (χ2n) is 8.45. The Bertz CT molecular complexity index is 1210. The minimum Gasteiger partial charge on any atom is -0.497 e. The molecule has 0 spiro atoms. The molecule has 1 heterocycles. The maximum Gasteiger partial charge on any atom is 0.243 e. The predicted octanol–water partition coefficient (Wildman–Crippen LogP) is 5.17. The van der Waals surface area contributed by atoms with Gasteiger partial charge in [0.05, 0.1) is 24.9 Å². The van der Waals surface area contributed by atoms with E-state index in [0.29, 0.717) is 12.0 Å². The number of carbonyl (C=O) groups is 2. The number of hydrogen-bond acceptors (Lipinski definition) is 4. The van der Waals surface area contributed by atoms with Gasteiger partial charge in [0.2, 0.25) is 11.8 Å². The molecule has 0 radical (unpaired) electrons. The Morgan fingerprint density at radius 1 is 1.03 bits per heavy atom. The molecule has 2 atom stereocenters. The van der Waals surface area contributed by atoms with E-state index in [4.69, 9.17) is 4.74 Å². The van der Waals surface area contributed by atoms with Gasteiger partial charge in [0, 0.05) is 24.8 Å². The van der Waals surface area contributed by atoms with Crippen LogP contribution in [0.3, 0.4) is 0 Å². The van der Waals surface area contributed by atoms with Gasteiger partial charge in [-0.05, 0) is 36.2 Å². The smallest absolute Gasteiger partial charge is 0.243 e. The zero-order chi connectivity index (χ0) is 24.8. The highest BCUT2D eigenvalue weighted by molar-refractivity contribution is 6.03. The van der Waals surface area contributed by atoms with E-state index in [1.807, 2.05) is 54.6 Å². The number of benzene rings is 3. The van der Waals surface area contributed by atoms with E-state index >= 15 is 0 Å². The zero-order valence-electron chi connectivity index (χ0n) is 19.8.